The van der Waals surface area contributed by atoms with Gasteiger partial charge in [0.25, 0.3) is 0 Å². The Morgan fingerprint density at radius 3 is 1.88 bits per heavy atom. The molecule has 0 saturated heterocycles. The average molecular weight is 230 g/mol. The highest BCUT2D eigenvalue weighted by Gasteiger charge is 2.23. The van der Waals surface area contributed by atoms with E-state index in [4.69, 9.17) is 11.0 Å². The summed E-state index contributed by atoms with van der Waals surface area (Å²) in [7, 11) is 0. The lowest BCUT2D eigenvalue weighted by Crippen LogP contribution is -2.19. The van der Waals surface area contributed by atoms with Crippen LogP contribution in [0.3, 0.4) is 0 Å². The summed E-state index contributed by atoms with van der Waals surface area (Å²) in [6.07, 6.45) is 0. The number of rotatable bonds is 0. The van der Waals surface area contributed by atoms with Gasteiger partial charge in [0, 0.05) is 0 Å². The maximum Gasteiger partial charge on any atom is 0.101 e. The Hall–Kier alpha value is -1.49. The average Bonchev–Trinajstić information content (AvgIpc) is 2.14. The smallest absolute Gasteiger partial charge is 0.101 e. The molecule has 0 atom stereocenters. The molecular formula is C15H22N2. The van der Waals surface area contributed by atoms with Crippen LogP contribution in [-0.4, -0.2) is 0 Å². The standard InChI is InChI=1S/C15H22N2/c1-14(2,3)11-7-10(9-16)13(17)12(8-11)15(4,5)6/h7-8H,17H2,1-6H3. The fourth-order valence-electron chi connectivity index (χ4n) is 1.80. The molecule has 0 radical (unpaired) electrons. The molecule has 2 N–H and O–H groups in total. The van der Waals surface area contributed by atoms with E-state index in [9.17, 15) is 0 Å². The Labute approximate surface area is 104 Å². The monoisotopic (exact) mass is 230 g/mol. The Morgan fingerprint density at radius 1 is 1.00 bits per heavy atom. The topological polar surface area (TPSA) is 49.8 Å². The lowest BCUT2D eigenvalue weighted by molar-refractivity contribution is 0.570. The zero-order valence-electron chi connectivity index (χ0n) is 11.7. The Bertz CT molecular complexity index is 465. The zero-order chi connectivity index (χ0) is 13.4. The summed E-state index contributed by atoms with van der Waals surface area (Å²) in [5.41, 5.74) is 9.47. The lowest BCUT2D eigenvalue weighted by Gasteiger charge is -2.27. The first kappa shape index (κ1) is 13.6. The van der Waals surface area contributed by atoms with Gasteiger partial charge in [0.2, 0.25) is 0 Å². The van der Waals surface area contributed by atoms with Crippen LogP contribution in [0.15, 0.2) is 12.1 Å². The van der Waals surface area contributed by atoms with Crippen LogP contribution >= 0.6 is 0 Å². The maximum atomic E-state index is 9.17. The predicted octanol–water partition coefficient (Wildman–Crippen LogP) is 3.74. The number of nitriles is 1. The first-order valence-corrected chi connectivity index (χ1v) is 5.92. The highest BCUT2D eigenvalue weighted by molar-refractivity contribution is 5.63. The lowest BCUT2D eigenvalue weighted by atomic mass is 9.78. The van der Waals surface area contributed by atoms with Crippen molar-refractivity contribution in [1.29, 1.82) is 5.26 Å². The van der Waals surface area contributed by atoms with Crippen molar-refractivity contribution in [2.75, 3.05) is 5.73 Å². The normalized spacial score (nSPS) is 12.3. The van der Waals surface area contributed by atoms with Crippen LogP contribution in [0.5, 0.6) is 0 Å². The summed E-state index contributed by atoms with van der Waals surface area (Å²) in [6, 6.07) is 6.24. The minimum absolute atomic E-state index is 0.0271. The number of nitrogens with zero attached hydrogens (tertiary/aromatic N) is 1. The molecule has 17 heavy (non-hydrogen) atoms. The summed E-state index contributed by atoms with van der Waals surface area (Å²) in [4.78, 5) is 0. The van der Waals surface area contributed by atoms with Gasteiger partial charge in [-0.25, -0.2) is 0 Å². The Balaban J connectivity index is 3.58. The molecule has 0 fully saturated rings. The summed E-state index contributed by atoms with van der Waals surface area (Å²) < 4.78 is 0. The van der Waals surface area contributed by atoms with Crippen LogP contribution in [-0.2, 0) is 10.8 Å². The Kier molecular flexibility index (Phi) is 3.25. The van der Waals surface area contributed by atoms with Gasteiger partial charge in [-0.05, 0) is 28.0 Å². The molecule has 0 aliphatic rings. The molecule has 0 amide bonds. The highest BCUT2D eigenvalue weighted by Crippen LogP contribution is 2.34. The van der Waals surface area contributed by atoms with E-state index in [1.165, 1.54) is 0 Å². The summed E-state index contributed by atoms with van der Waals surface area (Å²) in [6.45, 7) is 12.8. The van der Waals surface area contributed by atoms with Crippen molar-refractivity contribution in [3.05, 3.63) is 28.8 Å². The molecule has 1 aromatic carbocycles. The number of hydrogen-bond donors (Lipinski definition) is 1. The van der Waals surface area contributed by atoms with Crippen molar-refractivity contribution in [3.63, 3.8) is 0 Å². The third kappa shape index (κ3) is 2.79. The van der Waals surface area contributed by atoms with Gasteiger partial charge in [0.15, 0.2) is 0 Å². The molecule has 0 aromatic heterocycles. The van der Waals surface area contributed by atoms with Crippen molar-refractivity contribution in [1.82, 2.24) is 0 Å². The van der Waals surface area contributed by atoms with E-state index in [1.54, 1.807) is 0 Å². The maximum absolute atomic E-state index is 9.17. The van der Waals surface area contributed by atoms with E-state index >= 15 is 0 Å². The second-order valence-electron chi connectivity index (χ2n) is 6.60. The van der Waals surface area contributed by atoms with Gasteiger partial charge in [0.05, 0.1) is 11.3 Å². The number of hydrogen-bond acceptors (Lipinski definition) is 2. The molecule has 0 unspecified atom stereocenters. The molecular weight excluding hydrogens is 208 g/mol. The van der Waals surface area contributed by atoms with Gasteiger partial charge in [0.1, 0.15) is 6.07 Å². The Morgan fingerprint density at radius 2 is 1.53 bits per heavy atom. The zero-order valence-corrected chi connectivity index (χ0v) is 11.7. The summed E-state index contributed by atoms with van der Waals surface area (Å²) in [5, 5.41) is 9.17. The fourth-order valence-corrected chi connectivity index (χ4v) is 1.80. The summed E-state index contributed by atoms with van der Waals surface area (Å²) >= 11 is 0. The van der Waals surface area contributed by atoms with E-state index in [1.807, 2.05) is 6.07 Å². The number of nitrogen functional groups attached to an aromatic ring is 1. The highest BCUT2D eigenvalue weighted by atomic mass is 14.6. The minimum atomic E-state index is -0.0447. The van der Waals surface area contributed by atoms with Gasteiger partial charge in [-0.3, -0.25) is 0 Å². The molecule has 2 heteroatoms. The molecule has 0 saturated carbocycles. The van der Waals surface area contributed by atoms with Crippen LogP contribution < -0.4 is 5.73 Å². The SMILES string of the molecule is CC(C)(C)c1cc(C#N)c(N)c(C(C)(C)C)c1. The van der Waals surface area contributed by atoms with E-state index in [2.05, 4.69) is 53.7 Å². The van der Waals surface area contributed by atoms with E-state index < -0.39 is 0 Å². The van der Waals surface area contributed by atoms with Crippen LogP contribution in [0, 0.1) is 11.3 Å². The van der Waals surface area contributed by atoms with Gasteiger partial charge in [-0.2, -0.15) is 5.26 Å². The third-order valence-corrected chi connectivity index (χ3v) is 2.97. The van der Waals surface area contributed by atoms with Crippen molar-refractivity contribution >= 4 is 5.69 Å². The third-order valence-electron chi connectivity index (χ3n) is 2.97. The number of benzene rings is 1. The van der Waals surface area contributed by atoms with E-state index in [-0.39, 0.29) is 10.8 Å². The van der Waals surface area contributed by atoms with Crippen molar-refractivity contribution < 1.29 is 0 Å². The van der Waals surface area contributed by atoms with E-state index in [0.29, 0.717) is 11.3 Å². The first-order chi connectivity index (χ1) is 7.57. The molecule has 1 rings (SSSR count). The number of nitrogens with two attached hydrogens (primary N) is 1. The molecule has 2 nitrogen and oxygen atoms in total. The first-order valence-electron chi connectivity index (χ1n) is 5.92. The molecule has 0 heterocycles. The van der Waals surface area contributed by atoms with E-state index in [0.717, 1.165) is 11.1 Å². The summed E-state index contributed by atoms with van der Waals surface area (Å²) in [5.74, 6) is 0. The molecule has 92 valence electrons. The van der Waals surface area contributed by atoms with Crippen LogP contribution in [0.25, 0.3) is 0 Å². The van der Waals surface area contributed by atoms with Gasteiger partial charge in [-0.1, -0.05) is 47.6 Å². The number of anilines is 1. The minimum Gasteiger partial charge on any atom is -0.397 e. The fraction of sp³-hybridized carbons (Fsp3) is 0.533. The molecule has 0 bridgehead atoms. The van der Waals surface area contributed by atoms with Crippen LogP contribution in [0.1, 0.15) is 58.2 Å². The van der Waals surface area contributed by atoms with Gasteiger partial charge in [-0.15, -0.1) is 0 Å². The van der Waals surface area contributed by atoms with Crippen LogP contribution in [0.4, 0.5) is 5.69 Å². The van der Waals surface area contributed by atoms with Gasteiger partial charge < -0.3 is 5.73 Å². The molecule has 1 aromatic rings. The molecule has 0 aliphatic carbocycles. The predicted molar refractivity (Wildman–Crippen MR) is 73.0 cm³/mol. The molecule has 0 spiro atoms. The van der Waals surface area contributed by atoms with Crippen molar-refractivity contribution in [3.8, 4) is 6.07 Å². The van der Waals surface area contributed by atoms with Crippen molar-refractivity contribution in [2.24, 2.45) is 0 Å². The van der Waals surface area contributed by atoms with Crippen molar-refractivity contribution in [2.45, 2.75) is 52.4 Å². The van der Waals surface area contributed by atoms with Gasteiger partial charge >= 0.3 is 0 Å². The largest absolute Gasteiger partial charge is 0.397 e. The molecule has 0 aliphatic heterocycles. The van der Waals surface area contributed by atoms with Crippen LogP contribution in [0.2, 0.25) is 0 Å². The second kappa shape index (κ2) is 4.07. The quantitative estimate of drug-likeness (QED) is 0.690. The second-order valence-corrected chi connectivity index (χ2v) is 6.60.